The number of ether oxygens (including phenoxy) is 2. The Bertz CT molecular complexity index is 1340. The van der Waals surface area contributed by atoms with Crippen molar-refractivity contribution in [2.75, 3.05) is 0 Å². The van der Waals surface area contributed by atoms with Gasteiger partial charge in [0.2, 0.25) is 5.79 Å². The maximum absolute atomic E-state index is 6.83. The number of rotatable bonds is 1. The minimum absolute atomic E-state index is 0.0332. The summed E-state index contributed by atoms with van der Waals surface area (Å²) in [6.45, 7) is 0. The van der Waals surface area contributed by atoms with Gasteiger partial charge in [-0.2, -0.15) is 0 Å². The lowest BCUT2D eigenvalue weighted by molar-refractivity contribution is -0.145. The summed E-state index contributed by atoms with van der Waals surface area (Å²) in [7, 11) is 0. The van der Waals surface area contributed by atoms with Crippen LogP contribution in [0.4, 0.5) is 0 Å². The van der Waals surface area contributed by atoms with Gasteiger partial charge in [-0.3, -0.25) is 0 Å². The van der Waals surface area contributed by atoms with Gasteiger partial charge < -0.3 is 9.47 Å². The van der Waals surface area contributed by atoms with Gasteiger partial charge in [-0.05, 0) is 46.0 Å². The van der Waals surface area contributed by atoms with Crippen molar-refractivity contribution in [3.8, 4) is 5.75 Å². The van der Waals surface area contributed by atoms with Crippen LogP contribution in [0.1, 0.15) is 34.8 Å². The molecule has 1 aliphatic carbocycles. The first kappa shape index (κ1) is 16.4. The van der Waals surface area contributed by atoms with E-state index in [2.05, 4.69) is 103 Å². The van der Waals surface area contributed by atoms with Crippen LogP contribution in [0.25, 0.3) is 16.8 Å². The standard InChI is InChI=1S/C28H20O2/c1-2-10-21(11-3-1)25-18-27-23-13-7-5-9-20(23)16-17-28(27,30-25)29-24-15-14-19-8-4-6-12-22(19)26(24)27/h1-17,25H,18H2. The Morgan fingerprint density at radius 2 is 1.57 bits per heavy atom. The summed E-state index contributed by atoms with van der Waals surface area (Å²) < 4.78 is 13.6. The van der Waals surface area contributed by atoms with Crippen molar-refractivity contribution in [3.05, 3.63) is 119 Å². The van der Waals surface area contributed by atoms with Crippen LogP contribution in [0, 0.1) is 0 Å². The van der Waals surface area contributed by atoms with Crippen molar-refractivity contribution in [1.82, 2.24) is 0 Å². The largest absolute Gasteiger partial charge is 0.457 e. The van der Waals surface area contributed by atoms with Gasteiger partial charge in [-0.1, -0.05) is 91.0 Å². The molecule has 0 amide bonds. The second-order valence-electron chi connectivity index (χ2n) is 8.48. The summed E-state index contributed by atoms with van der Waals surface area (Å²) in [6.07, 6.45) is 5.12. The molecule has 4 aromatic carbocycles. The summed E-state index contributed by atoms with van der Waals surface area (Å²) in [5.74, 6) is 0.107. The van der Waals surface area contributed by atoms with Crippen molar-refractivity contribution in [3.63, 3.8) is 0 Å². The van der Waals surface area contributed by atoms with E-state index in [1.54, 1.807) is 0 Å². The van der Waals surface area contributed by atoms with Gasteiger partial charge in [-0.25, -0.2) is 0 Å². The zero-order valence-electron chi connectivity index (χ0n) is 16.4. The van der Waals surface area contributed by atoms with Crippen LogP contribution in [0.15, 0.2) is 97.1 Å². The Kier molecular flexibility index (Phi) is 3.08. The van der Waals surface area contributed by atoms with Crippen LogP contribution in [-0.4, -0.2) is 5.79 Å². The average Bonchev–Trinajstić information content (AvgIpc) is 3.30. The predicted molar refractivity (Wildman–Crippen MR) is 118 cm³/mol. The SMILES string of the molecule is C1=CC23Oc4ccc5ccccc5c4C2(CC(c2ccccc2)O3)c2ccccc21. The fraction of sp³-hybridized carbons (Fsp3) is 0.143. The molecule has 144 valence electrons. The lowest BCUT2D eigenvalue weighted by Crippen LogP contribution is -2.49. The molecular formula is C28H20O2. The highest BCUT2D eigenvalue weighted by Gasteiger charge is 2.69. The smallest absolute Gasteiger partial charge is 0.245 e. The third kappa shape index (κ3) is 1.88. The summed E-state index contributed by atoms with van der Waals surface area (Å²) in [4.78, 5) is 0. The molecule has 0 radical (unpaired) electrons. The molecule has 7 rings (SSSR count). The fourth-order valence-corrected chi connectivity index (χ4v) is 5.83. The quantitative estimate of drug-likeness (QED) is 0.375. The topological polar surface area (TPSA) is 18.5 Å². The Balaban J connectivity index is 1.57. The van der Waals surface area contributed by atoms with Crippen LogP contribution in [-0.2, 0) is 10.2 Å². The molecular weight excluding hydrogens is 368 g/mol. The summed E-state index contributed by atoms with van der Waals surface area (Å²) in [5, 5.41) is 2.49. The Labute approximate surface area is 175 Å². The summed E-state index contributed by atoms with van der Waals surface area (Å²) in [5.41, 5.74) is 4.62. The summed E-state index contributed by atoms with van der Waals surface area (Å²) >= 11 is 0. The van der Waals surface area contributed by atoms with E-state index in [1.165, 1.54) is 33.0 Å². The molecule has 3 atom stereocenters. The van der Waals surface area contributed by atoms with Crippen molar-refractivity contribution in [1.29, 1.82) is 0 Å². The number of benzene rings is 4. The maximum atomic E-state index is 6.83. The van der Waals surface area contributed by atoms with E-state index in [-0.39, 0.29) is 11.5 Å². The molecule has 1 fully saturated rings. The van der Waals surface area contributed by atoms with E-state index < -0.39 is 5.79 Å². The second-order valence-corrected chi connectivity index (χ2v) is 8.48. The number of fused-ring (bicyclic) bond motifs is 4. The van der Waals surface area contributed by atoms with Gasteiger partial charge in [0.05, 0.1) is 11.5 Å². The highest BCUT2D eigenvalue weighted by molar-refractivity contribution is 5.92. The van der Waals surface area contributed by atoms with Gasteiger partial charge in [0.1, 0.15) is 5.75 Å². The highest BCUT2D eigenvalue weighted by Crippen LogP contribution is 2.67. The van der Waals surface area contributed by atoms with E-state index in [9.17, 15) is 0 Å². The summed E-state index contributed by atoms with van der Waals surface area (Å²) in [6, 6.07) is 32.1. The van der Waals surface area contributed by atoms with Crippen molar-refractivity contribution >= 4 is 16.8 Å². The molecule has 0 saturated carbocycles. The van der Waals surface area contributed by atoms with E-state index >= 15 is 0 Å². The Morgan fingerprint density at radius 1 is 0.767 bits per heavy atom. The minimum atomic E-state index is -0.825. The normalized spacial score (nSPS) is 27.8. The first-order valence-corrected chi connectivity index (χ1v) is 10.5. The molecule has 0 aromatic heterocycles. The molecule has 0 spiro atoms. The van der Waals surface area contributed by atoms with Crippen molar-refractivity contribution in [2.24, 2.45) is 0 Å². The molecule has 3 unspecified atom stereocenters. The van der Waals surface area contributed by atoms with Crippen molar-refractivity contribution < 1.29 is 9.47 Å². The lowest BCUT2D eigenvalue weighted by Gasteiger charge is -2.39. The van der Waals surface area contributed by atoms with E-state index in [1.807, 2.05) is 0 Å². The molecule has 2 heteroatoms. The second kappa shape index (κ2) is 5.62. The van der Waals surface area contributed by atoms with Gasteiger partial charge in [-0.15, -0.1) is 0 Å². The van der Waals surface area contributed by atoms with Gasteiger partial charge in [0.15, 0.2) is 0 Å². The van der Waals surface area contributed by atoms with Crippen LogP contribution in [0.5, 0.6) is 5.75 Å². The zero-order valence-corrected chi connectivity index (χ0v) is 16.4. The van der Waals surface area contributed by atoms with Crippen molar-refractivity contribution in [2.45, 2.75) is 23.7 Å². The van der Waals surface area contributed by atoms with E-state index in [4.69, 9.17) is 9.47 Å². The van der Waals surface area contributed by atoms with E-state index in [0.717, 1.165) is 12.2 Å². The van der Waals surface area contributed by atoms with E-state index in [0.29, 0.717) is 0 Å². The first-order valence-electron chi connectivity index (χ1n) is 10.5. The highest BCUT2D eigenvalue weighted by atomic mass is 16.7. The van der Waals surface area contributed by atoms with Crippen LogP contribution in [0.3, 0.4) is 0 Å². The Hall–Kier alpha value is -3.36. The predicted octanol–water partition coefficient (Wildman–Crippen LogP) is 6.40. The maximum Gasteiger partial charge on any atom is 0.245 e. The molecule has 2 aliphatic heterocycles. The van der Waals surface area contributed by atoms with Gasteiger partial charge >= 0.3 is 0 Å². The molecule has 2 heterocycles. The third-order valence-corrected chi connectivity index (χ3v) is 7.06. The van der Waals surface area contributed by atoms with Gasteiger partial charge in [0, 0.05) is 5.56 Å². The van der Waals surface area contributed by atoms with Gasteiger partial charge in [0.25, 0.3) is 0 Å². The molecule has 4 aromatic rings. The monoisotopic (exact) mass is 388 g/mol. The average molecular weight is 388 g/mol. The molecule has 30 heavy (non-hydrogen) atoms. The van der Waals surface area contributed by atoms with Crippen LogP contribution < -0.4 is 4.74 Å². The fourth-order valence-electron chi connectivity index (χ4n) is 5.83. The first-order chi connectivity index (χ1) is 14.8. The molecule has 0 bridgehead atoms. The zero-order chi connectivity index (χ0) is 19.8. The molecule has 2 nitrogen and oxygen atoms in total. The van der Waals surface area contributed by atoms with Crippen LogP contribution >= 0.6 is 0 Å². The number of hydrogen-bond acceptors (Lipinski definition) is 2. The molecule has 0 N–H and O–H groups in total. The lowest BCUT2D eigenvalue weighted by atomic mass is 9.63. The third-order valence-electron chi connectivity index (χ3n) is 7.06. The minimum Gasteiger partial charge on any atom is -0.457 e. The van der Waals surface area contributed by atoms with Crippen LogP contribution in [0.2, 0.25) is 0 Å². The number of hydrogen-bond donors (Lipinski definition) is 0. The Morgan fingerprint density at radius 3 is 2.50 bits per heavy atom. The molecule has 1 saturated heterocycles. The molecule has 3 aliphatic rings.